The number of hydrogen-bond acceptors (Lipinski definition) is 2. The van der Waals surface area contributed by atoms with Gasteiger partial charge in [-0.25, -0.2) is 0 Å². The zero-order valence-corrected chi connectivity index (χ0v) is 32.0. The van der Waals surface area contributed by atoms with E-state index in [1.165, 1.54) is 109 Å². The maximum absolute atomic E-state index is 12.8. The van der Waals surface area contributed by atoms with E-state index < -0.39 is 0 Å². The van der Waals surface area contributed by atoms with Crippen molar-refractivity contribution < 1.29 is 9.53 Å². The van der Waals surface area contributed by atoms with E-state index in [9.17, 15) is 4.79 Å². The molecule has 0 heterocycles. The highest BCUT2D eigenvalue weighted by Crippen LogP contribution is 2.67. The Hall–Kier alpha value is -1.31. The molecule has 4 rings (SSSR count). The summed E-state index contributed by atoms with van der Waals surface area (Å²) >= 11 is 0. The molecule has 4 aliphatic rings. The predicted octanol–water partition coefficient (Wildman–Crippen LogP) is 13.8. The molecule has 0 radical (unpaired) electrons. The fourth-order valence-electron chi connectivity index (χ4n) is 11.1. The number of ether oxygens (including phenoxy) is 1. The quantitative estimate of drug-likeness (QED) is 0.0746. The van der Waals surface area contributed by atoms with Gasteiger partial charge in [0.1, 0.15) is 6.10 Å². The van der Waals surface area contributed by atoms with Gasteiger partial charge in [-0.1, -0.05) is 129 Å². The Morgan fingerprint density at radius 1 is 0.830 bits per heavy atom. The van der Waals surface area contributed by atoms with Gasteiger partial charge in [0.05, 0.1) is 0 Å². The maximum Gasteiger partial charge on any atom is 0.306 e. The van der Waals surface area contributed by atoms with Gasteiger partial charge >= 0.3 is 5.97 Å². The third kappa shape index (κ3) is 10.6. The SMILES string of the molecule is CCCCC/C=C/C/C=C/CCCCCCCC(=O)O[C@@H]1CC[C@@]2(C)C(=CC[C@H]3[C@@H]4CC[C@H]([C@@H](C)CCCC(C)C)[C@@]4(C)CC[C@@H]32)C1. The molecule has 0 amide bonds. The minimum atomic E-state index is 0.0477. The van der Waals surface area contributed by atoms with Gasteiger partial charge in [-0.2, -0.15) is 0 Å². The molecule has 3 saturated carbocycles. The third-order valence-corrected chi connectivity index (χ3v) is 13.9. The Balaban J connectivity index is 1.13. The molecule has 0 saturated heterocycles. The summed E-state index contributed by atoms with van der Waals surface area (Å²) in [5.74, 6) is 5.30. The van der Waals surface area contributed by atoms with Crippen molar-refractivity contribution in [1.29, 1.82) is 0 Å². The van der Waals surface area contributed by atoms with Crippen molar-refractivity contribution in [2.45, 2.75) is 195 Å². The molecule has 0 N–H and O–H groups in total. The van der Waals surface area contributed by atoms with Crippen LogP contribution in [0, 0.1) is 46.3 Å². The lowest BCUT2D eigenvalue weighted by Crippen LogP contribution is -2.51. The average Bonchev–Trinajstić information content (AvgIpc) is 3.40. The van der Waals surface area contributed by atoms with Crippen LogP contribution in [-0.4, -0.2) is 12.1 Å². The second kappa shape index (κ2) is 19.2. The predicted molar refractivity (Wildman–Crippen MR) is 202 cm³/mol. The van der Waals surface area contributed by atoms with E-state index >= 15 is 0 Å². The summed E-state index contributed by atoms with van der Waals surface area (Å²) in [6.07, 6.45) is 40.5. The zero-order valence-electron chi connectivity index (χ0n) is 32.0. The highest BCUT2D eigenvalue weighted by atomic mass is 16.5. The van der Waals surface area contributed by atoms with E-state index in [2.05, 4.69) is 71.9 Å². The first-order chi connectivity index (χ1) is 22.7. The Bertz CT molecular complexity index is 1020. The standard InChI is InChI=1S/C45H76O2/c1-7-8-9-10-11-12-13-14-15-16-17-18-19-20-21-25-43(46)47-38-30-32-44(5)37(34-38)26-27-39-41-29-28-40(36(4)24-22-23-35(2)3)45(41,6)33-31-42(39)44/h11-12,14-15,26,35-36,38-42H,7-10,13,16-25,27-34H2,1-6H3/b12-11+,15-14+/t36-,38+,39-,40+,41-,42-,44-,45+/m0/s1. The number of unbranched alkanes of at least 4 members (excludes halogenated alkanes) is 8. The first kappa shape index (κ1) is 38.5. The van der Waals surface area contributed by atoms with E-state index in [1.54, 1.807) is 5.57 Å². The van der Waals surface area contributed by atoms with Crippen molar-refractivity contribution in [2.75, 3.05) is 0 Å². The maximum atomic E-state index is 12.8. The first-order valence-electron chi connectivity index (χ1n) is 20.9. The summed E-state index contributed by atoms with van der Waals surface area (Å²) in [5, 5.41) is 0. The monoisotopic (exact) mass is 649 g/mol. The highest BCUT2D eigenvalue weighted by Gasteiger charge is 2.59. The van der Waals surface area contributed by atoms with Crippen LogP contribution in [0.1, 0.15) is 189 Å². The number of carbonyl (C=O) groups is 1. The Labute approximate surface area is 292 Å². The van der Waals surface area contributed by atoms with E-state index in [4.69, 9.17) is 4.74 Å². The molecule has 2 heteroatoms. The molecule has 0 unspecified atom stereocenters. The van der Waals surface area contributed by atoms with E-state index in [0.29, 0.717) is 17.3 Å². The van der Waals surface area contributed by atoms with Gasteiger partial charge in [0.2, 0.25) is 0 Å². The van der Waals surface area contributed by atoms with Crippen molar-refractivity contribution in [3.63, 3.8) is 0 Å². The summed E-state index contributed by atoms with van der Waals surface area (Å²) in [6, 6.07) is 0. The summed E-state index contributed by atoms with van der Waals surface area (Å²) in [5.41, 5.74) is 2.52. The van der Waals surface area contributed by atoms with E-state index in [0.717, 1.165) is 67.6 Å². The molecule has 3 fully saturated rings. The Morgan fingerprint density at radius 2 is 1.55 bits per heavy atom. The molecule has 0 spiro atoms. The zero-order chi connectivity index (χ0) is 33.7. The van der Waals surface area contributed by atoms with Crippen LogP contribution >= 0.6 is 0 Å². The van der Waals surface area contributed by atoms with Gasteiger partial charge in [0, 0.05) is 12.8 Å². The Morgan fingerprint density at radius 3 is 2.30 bits per heavy atom. The average molecular weight is 649 g/mol. The van der Waals surface area contributed by atoms with Gasteiger partial charge in [0.25, 0.3) is 0 Å². The number of fused-ring (bicyclic) bond motifs is 5. The van der Waals surface area contributed by atoms with Crippen LogP contribution in [0.5, 0.6) is 0 Å². The van der Waals surface area contributed by atoms with Crippen molar-refractivity contribution in [2.24, 2.45) is 46.3 Å². The van der Waals surface area contributed by atoms with Crippen LogP contribution in [0.3, 0.4) is 0 Å². The minimum absolute atomic E-state index is 0.0477. The fraction of sp³-hybridized carbons (Fsp3) is 0.844. The summed E-state index contributed by atoms with van der Waals surface area (Å²) in [7, 11) is 0. The topological polar surface area (TPSA) is 26.3 Å². The van der Waals surface area contributed by atoms with Crippen molar-refractivity contribution >= 4 is 5.97 Å². The van der Waals surface area contributed by atoms with Crippen LogP contribution in [0.2, 0.25) is 0 Å². The highest BCUT2D eigenvalue weighted by molar-refractivity contribution is 5.69. The molecule has 268 valence electrons. The summed E-state index contributed by atoms with van der Waals surface area (Å²) < 4.78 is 6.12. The summed E-state index contributed by atoms with van der Waals surface area (Å²) in [4.78, 5) is 12.8. The number of esters is 1. The molecule has 0 aromatic carbocycles. The molecular formula is C45H76O2. The van der Waals surface area contributed by atoms with Crippen LogP contribution in [0.4, 0.5) is 0 Å². The minimum Gasteiger partial charge on any atom is -0.462 e. The van der Waals surface area contributed by atoms with Crippen LogP contribution in [-0.2, 0) is 9.53 Å². The number of hydrogen-bond donors (Lipinski definition) is 0. The smallest absolute Gasteiger partial charge is 0.306 e. The third-order valence-electron chi connectivity index (χ3n) is 13.9. The molecule has 4 aliphatic carbocycles. The molecule has 47 heavy (non-hydrogen) atoms. The lowest BCUT2D eigenvalue weighted by Gasteiger charge is -2.58. The van der Waals surface area contributed by atoms with Crippen molar-refractivity contribution in [3.05, 3.63) is 36.0 Å². The molecule has 8 atom stereocenters. The largest absolute Gasteiger partial charge is 0.462 e. The number of carbonyl (C=O) groups excluding carboxylic acids is 1. The molecular weight excluding hydrogens is 572 g/mol. The molecule has 2 nitrogen and oxygen atoms in total. The molecule has 0 aromatic heterocycles. The Kier molecular flexibility index (Phi) is 15.7. The van der Waals surface area contributed by atoms with Gasteiger partial charge in [0.15, 0.2) is 0 Å². The van der Waals surface area contributed by atoms with E-state index in [-0.39, 0.29) is 12.1 Å². The first-order valence-corrected chi connectivity index (χ1v) is 20.9. The number of allylic oxidation sites excluding steroid dienone is 5. The molecule has 0 aromatic rings. The molecule has 0 bridgehead atoms. The normalized spacial score (nSPS) is 32.7. The molecule has 0 aliphatic heterocycles. The summed E-state index contributed by atoms with van der Waals surface area (Å²) in [6.45, 7) is 14.9. The van der Waals surface area contributed by atoms with Crippen molar-refractivity contribution in [3.8, 4) is 0 Å². The lowest BCUT2D eigenvalue weighted by atomic mass is 9.47. The van der Waals surface area contributed by atoms with Gasteiger partial charge < -0.3 is 4.74 Å². The van der Waals surface area contributed by atoms with Gasteiger partial charge in [-0.05, 0) is 130 Å². The van der Waals surface area contributed by atoms with Crippen LogP contribution in [0.25, 0.3) is 0 Å². The fourth-order valence-corrected chi connectivity index (χ4v) is 11.1. The van der Waals surface area contributed by atoms with Crippen LogP contribution < -0.4 is 0 Å². The lowest BCUT2D eigenvalue weighted by molar-refractivity contribution is -0.151. The number of rotatable bonds is 20. The van der Waals surface area contributed by atoms with Crippen molar-refractivity contribution in [1.82, 2.24) is 0 Å². The van der Waals surface area contributed by atoms with Crippen LogP contribution in [0.15, 0.2) is 36.0 Å². The van der Waals surface area contributed by atoms with Gasteiger partial charge in [-0.15, -0.1) is 0 Å². The second-order valence-electron chi connectivity index (χ2n) is 17.6. The second-order valence-corrected chi connectivity index (χ2v) is 17.6. The van der Waals surface area contributed by atoms with Gasteiger partial charge in [-0.3, -0.25) is 4.79 Å². The van der Waals surface area contributed by atoms with E-state index in [1.807, 2.05) is 0 Å².